The van der Waals surface area contributed by atoms with Gasteiger partial charge in [-0.25, -0.2) is 4.79 Å². The van der Waals surface area contributed by atoms with E-state index in [0.29, 0.717) is 0 Å². The van der Waals surface area contributed by atoms with Crippen LogP contribution in [0.5, 0.6) is 0 Å². The Kier molecular flexibility index (Phi) is 2.20. The molecule has 4 N–H and O–H groups in total. The number of nitrogens with one attached hydrogen (secondary N) is 1. The summed E-state index contributed by atoms with van der Waals surface area (Å²) in [5.74, 6) is -1.17. The molecule has 70 valence electrons. The number of carboxylic acid groups (broad SMARTS) is 1. The summed E-state index contributed by atoms with van der Waals surface area (Å²) in [4.78, 5) is 23.9. The molecule has 13 heavy (non-hydrogen) atoms. The number of aromatic nitrogens is 1. The number of nitrogens with two attached hydrogens (primary N) is 1. The molecular formula is C8H10N2O3. The number of pyridine rings is 1. The zero-order chi connectivity index (χ0) is 10.1. The number of aliphatic carboxylic acids is 1. The van der Waals surface area contributed by atoms with Gasteiger partial charge in [-0.1, -0.05) is 0 Å². The summed E-state index contributed by atoms with van der Waals surface area (Å²) in [5.41, 5.74) is 3.89. The summed E-state index contributed by atoms with van der Waals surface area (Å²) in [6.07, 6.45) is 1.37. The number of H-pyrrole nitrogens is 1. The van der Waals surface area contributed by atoms with Crippen molar-refractivity contribution in [3.63, 3.8) is 0 Å². The van der Waals surface area contributed by atoms with E-state index in [2.05, 4.69) is 4.98 Å². The van der Waals surface area contributed by atoms with Gasteiger partial charge in [-0.2, -0.15) is 0 Å². The van der Waals surface area contributed by atoms with E-state index >= 15 is 0 Å². The van der Waals surface area contributed by atoms with E-state index in [4.69, 9.17) is 10.8 Å². The van der Waals surface area contributed by atoms with Crippen LogP contribution in [0.25, 0.3) is 0 Å². The summed E-state index contributed by atoms with van der Waals surface area (Å²) in [7, 11) is 0. The smallest absolute Gasteiger partial charge is 0.328 e. The summed E-state index contributed by atoms with van der Waals surface area (Å²) >= 11 is 0. The highest BCUT2D eigenvalue weighted by atomic mass is 16.4. The lowest BCUT2D eigenvalue weighted by atomic mass is 9.95. The highest BCUT2D eigenvalue weighted by Crippen LogP contribution is 2.14. The minimum Gasteiger partial charge on any atom is -0.480 e. The molecule has 0 bridgehead atoms. The molecule has 0 fully saturated rings. The Morgan fingerprint density at radius 2 is 2.31 bits per heavy atom. The molecule has 5 nitrogen and oxygen atoms in total. The second-order valence-corrected chi connectivity index (χ2v) is 2.95. The Morgan fingerprint density at radius 3 is 2.77 bits per heavy atom. The van der Waals surface area contributed by atoms with Gasteiger partial charge >= 0.3 is 5.97 Å². The van der Waals surface area contributed by atoms with Gasteiger partial charge < -0.3 is 15.8 Å². The van der Waals surface area contributed by atoms with Crippen molar-refractivity contribution >= 4 is 5.97 Å². The number of carbonyl (C=O) groups is 1. The number of rotatable bonds is 2. The topological polar surface area (TPSA) is 96.2 Å². The molecule has 0 saturated carbocycles. The average Bonchev–Trinajstić information content (AvgIpc) is 2.04. The Bertz CT molecular complexity index is 381. The first-order chi connectivity index (χ1) is 5.94. The summed E-state index contributed by atoms with van der Waals surface area (Å²) in [6.45, 7) is 1.34. The fourth-order valence-corrected chi connectivity index (χ4v) is 0.891. The molecule has 1 rings (SSSR count). The second-order valence-electron chi connectivity index (χ2n) is 2.95. The summed E-state index contributed by atoms with van der Waals surface area (Å²) in [6, 6.07) is 2.64. The zero-order valence-corrected chi connectivity index (χ0v) is 7.07. The van der Waals surface area contributed by atoms with Crippen LogP contribution in [0.3, 0.4) is 0 Å². The minimum absolute atomic E-state index is 0.281. The van der Waals surface area contributed by atoms with Gasteiger partial charge in [0.25, 0.3) is 0 Å². The molecule has 0 unspecified atom stereocenters. The standard InChI is InChI=1S/C8H10N2O3/c1-8(9,7(12)13)5-2-3-10-6(11)4-5/h2-4H,9H2,1H3,(H,10,11)(H,12,13)/t8-/m1/s1. The van der Waals surface area contributed by atoms with Crippen molar-refractivity contribution < 1.29 is 9.90 Å². The lowest BCUT2D eigenvalue weighted by Gasteiger charge is -2.18. The molecule has 0 aliphatic carbocycles. The van der Waals surface area contributed by atoms with Crippen LogP contribution in [-0.2, 0) is 10.3 Å². The van der Waals surface area contributed by atoms with Crippen molar-refractivity contribution in [2.75, 3.05) is 0 Å². The van der Waals surface area contributed by atoms with Gasteiger partial charge in [-0.3, -0.25) is 4.79 Å². The Morgan fingerprint density at radius 1 is 1.69 bits per heavy atom. The molecule has 1 heterocycles. The van der Waals surface area contributed by atoms with Crippen molar-refractivity contribution in [2.24, 2.45) is 5.73 Å². The first-order valence-corrected chi connectivity index (χ1v) is 3.66. The van der Waals surface area contributed by atoms with Crippen LogP contribution in [-0.4, -0.2) is 16.1 Å². The minimum atomic E-state index is -1.52. The lowest BCUT2D eigenvalue weighted by Crippen LogP contribution is -2.42. The van der Waals surface area contributed by atoms with Crippen molar-refractivity contribution in [1.29, 1.82) is 0 Å². The molecule has 1 aromatic rings. The predicted molar refractivity (Wildman–Crippen MR) is 46.2 cm³/mol. The number of carboxylic acids is 1. The number of hydrogen-bond donors (Lipinski definition) is 3. The zero-order valence-electron chi connectivity index (χ0n) is 7.07. The van der Waals surface area contributed by atoms with Gasteiger partial charge in [0.05, 0.1) is 0 Å². The molecular weight excluding hydrogens is 172 g/mol. The predicted octanol–water partition coefficient (Wildman–Crippen LogP) is -0.367. The van der Waals surface area contributed by atoms with E-state index in [1.165, 1.54) is 25.3 Å². The van der Waals surface area contributed by atoms with Gasteiger partial charge in [-0.15, -0.1) is 0 Å². The van der Waals surface area contributed by atoms with Crippen molar-refractivity contribution in [2.45, 2.75) is 12.5 Å². The van der Waals surface area contributed by atoms with Gasteiger partial charge in [0.15, 0.2) is 0 Å². The first kappa shape index (κ1) is 9.47. The molecule has 1 aromatic heterocycles. The molecule has 0 aromatic carbocycles. The van der Waals surface area contributed by atoms with E-state index in [1.807, 2.05) is 0 Å². The van der Waals surface area contributed by atoms with Crippen LogP contribution < -0.4 is 11.3 Å². The molecule has 0 aliphatic heterocycles. The average molecular weight is 182 g/mol. The number of hydrogen-bond acceptors (Lipinski definition) is 3. The molecule has 0 radical (unpaired) electrons. The second kappa shape index (κ2) is 3.02. The Balaban J connectivity index is 3.22. The third kappa shape index (κ3) is 1.75. The molecule has 0 amide bonds. The Hall–Kier alpha value is -1.62. The maximum atomic E-state index is 10.9. The Labute approximate surface area is 74.2 Å². The largest absolute Gasteiger partial charge is 0.480 e. The van der Waals surface area contributed by atoms with E-state index in [0.717, 1.165) is 0 Å². The van der Waals surface area contributed by atoms with E-state index in [-0.39, 0.29) is 11.1 Å². The van der Waals surface area contributed by atoms with Gasteiger partial charge in [0.2, 0.25) is 5.56 Å². The normalized spacial score (nSPS) is 14.9. The highest BCUT2D eigenvalue weighted by Gasteiger charge is 2.30. The van der Waals surface area contributed by atoms with Gasteiger partial charge in [0, 0.05) is 12.3 Å². The summed E-state index contributed by atoms with van der Waals surface area (Å²) in [5, 5.41) is 8.75. The molecule has 0 spiro atoms. The van der Waals surface area contributed by atoms with Gasteiger partial charge in [-0.05, 0) is 18.6 Å². The van der Waals surface area contributed by atoms with Crippen LogP contribution in [0, 0.1) is 0 Å². The van der Waals surface area contributed by atoms with E-state index < -0.39 is 11.5 Å². The van der Waals surface area contributed by atoms with Crippen LogP contribution >= 0.6 is 0 Å². The van der Waals surface area contributed by atoms with E-state index in [1.54, 1.807) is 0 Å². The summed E-state index contributed by atoms with van der Waals surface area (Å²) < 4.78 is 0. The third-order valence-corrected chi connectivity index (χ3v) is 1.82. The van der Waals surface area contributed by atoms with Crippen LogP contribution in [0.15, 0.2) is 23.1 Å². The van der Waals surface area contributed by atoms with Crippen molar-refractivity contribution in [3.8, 4) is 0 Å². The number of aromatic amines is 1. The van der Waals surface area contributed by atoms with Crippen LogP contribution in [0.2, 0.25) is 0 Å². The monoisotopic (exact) mass is 182 g/mol. The first-order valence-electron chi connectivity index (χ1n) is 3.66. The van der Waals surface area contributed by atoms with E-state index in [9.17, 15) is 9.59 Å². The maximum absolute atomic E-state index is 10.9. The fourth-order valence-electron chi connectivity index (χ4n) is 0.891. The van der Waals surface area contributed by atoms with Crippen LogP contribution in [0.4, 0.5) is 0 Å². The lowest BCUT2D eigenvalue weighted by molar-refractivity contribution is -0.143. The molecule has 0 saturated heterocycles. The highest BCUT2D eigenvalue weighted by molar-refractivity contribution is 5.79. The maximum Gasteiger partial charge on any atom is 0.328 e. The quantitative estimate of drug-likeness (QED) is 0.581. The SMILES string of the molecule is C[C@](N)(C(=O)O)c1cc[nH]c(=O)c1. The van der Waals surface area contributed by atoms with Crippen molar-refractivity contribution in [1.82, 2.24) is 4.98 Å². The van der Waals surface area contributed by atoms with Gasteiger partial charge in [0.1, 0.15) is 5.54 Å². The third-order valence-electron chi connectivity index (χ3n) is 1.82. The molecule has 0 aliphatic rings. The van der Waals surface area contributed by atoms with Crippen LogP contribution in [0.1, 0.15) is 12.5 Å². The van der Waals surface area contributed by atoms with Crippen molar-refractivity contribution in [3.05, 3.63) is 34.2 Å². The molecule has 1 atom stereocenters. The fraction of sp³-hybridized carbons (Fsp3) is 0.250. The molecule has 5 heteroatoms.